The molecule has 1 rings (SSSR count). The van der Waals surface area contributed by atoms with E-state index in [-0.39, 0.29) is 18.6 Å². The van der Waals surface area contributed by atoms with Crippen LogP contribution >= 0.6 is 11.6 Å². The molecule has 0 aliphatic rings. The smallest absolute Gasteiger partial charge is 0.303 e. The number of aliphatic carboxylic acids is 1. The molecule has 4 nitrogen and oxygen atoms in total. The SMILES string of the molecule is NCc1cc(Cl)cc(C(=O)CCCC(=O)O)c1. The van der Waals surface area contributed by atoms with Crippen LogP contribution in [0.15, 0.2) is 18.2 Å². The van der Waals surface area contributed by atoms with Crippen LogP contribution in [0.1, 0.15) is 35.2 Å². The minimum Gasteiger partial charge on any atom is -0.481 e. The number of carbonyl (C=O) groups excluding carboxylic acids is 1. The Morgan fingerprint density at radius 3 is 2.53 bits per heavy atom. The summed E-state index contributed by atoms with van der Waals surface area (Å²) in [7, 11) is 0. The summed E-state index contributed by atoms with van der Waals surface area (Å²) in [6, 6.07) is 4.97. The fourth-order valence-electron chi connectivity index (χ4n) is 1.47. The monoisotopic (exact) mass is 255 g/mol. The lowest BCUT2D eigenvalue weighted by molar-refractivity contribution is -0.137. The zero-order valence-electron chi connectivity index (χ0n) is 9.28. The van der Waals surface area contributed by atoms with Gasteiger partial charge >= 0.3 is 5.97 Å². The topological polar surface area (TPSA) is 80.4 Å². The molecular formula is C12H14ClNO3. The van der Waals surface area contributed by atoms with E-state index in [1.807, 2.05) is 0 Å². The molecule has 0 fully saturated rings. The quantitative estimate of drug-likeness (QED) is 0.764. The second-order valence-corrected chi connectivity index (χ2v) is 4.16. The van der Waals surface area contributed by atoms with E-state index in [2.05, 4.69) is 0 Å². The molecule has 17 heavy (non-hydrogen) atoms. The van der Waals surface area contributed by atoms with Crippen LogP contribution in [0, 0.1) is 0 Å². The predicted octanol–water partition coefficient (Wildman–Crippen LogP) is 2.24. The van der Waals surface area contributed by atoms with Gasteiger partial charge in [0.15, 0.2) is 5.78 Å². The molecule has 1 aromatic rings. The number of benzene rings is 1. The molecule has 0 aliphatic carbocycles. The molecule has 0 radical (unpaired) electrons. The van der Waals surface area contributed by atoms with Crippen molar-refractivity contribution in [2.75, 3.05) is 0 Å². The van der Waals surface area contributed by atoms with Gasteiger partial charge in [0.1, 0.15) is 0 Å². The Balaban J connectivity index is 2.68. The number of hydrogen-bond acceptors (Lipinski definition) is 3. The Morgan fingerprint density at radius 1 is 1.24 bits per heavy atom. The van der Waals surface area contributed by atoms with Gasteiger partial charge in [-0.05, 0) is 30.2 Å². The van der Waals surface area contributed by atoms with Crippen molar-refractivity contribution < 1.29 is 14.7 Å². The summed E-state index contributed by atoms with van der Waals surface area (Å²) in [5.74, 6) is -1.00. The van der Waals surface area contributed by atoms with Crippen molar-refractivity contribution in [2.24, 2.45) is 5.73 Å². The molecule has 0 saturated heterocycles. The molecule has 0 amide bonds. The third-order valence-corrected chi connectivity index (χ3v) is 2.53. The molecule has 0 bridgehead atoms. The number of carboxylic acid groups (broad SMARTS) is 1. The highest BCUT2D eigenvalue weighted by Crippen LogP contribution is 2.17. The Morgan fingerprint density at radius 2 is 1.94 bits per heavy atom. The molecule has 3 N–H and O–H groups in total. The molecule has 0 spiro atoms. The molecule has 0 aliphatic heterocycles. The van der Waals surface area contributed by atoms with E-state index >= 15 is 0 Å². The highest BCUT2D eigenvalue weighted by atomic mass is 35.5. The van der Waals surface area contributed by atoms with Crippen LogP contribution in [0.3, 0.4) is 0 Å². The summed E-state index contributed by atoms with van der Waals surface area (Å²) in [6.45, 7) is 0.315. The third-order valence-electron chi connectivity index (χ3n) is 2.31. The summed E-state index contributed by atoms with van der Waals surface area (Å²) >= 11 is 5.86. The van der Waals surface area contributed by atoms with E-state index in [1.165, 1.54) is 0 Å². The van der Waals surface area contributed by atoms with Crippen LogP contribution in [0.5, 0.6) is 0 Å². The second-order valence-electron chi connectivity index (χ2n) is 3.72. The van der Waals surface area contributed by atoms with Gasteiger partial charge < -0.3 is 10.8 Å². The van der Waals surface area contributed by atoms with Crippen molar-refractivity contribution in [1.29, 1.82) is 0 Å². The Bertz CT molecular complexity index is 432. The van der Waals surface area contributed by atoms with E-state index in [1.54, 1.807) is 18.2 Å². The first kappa shape index (κ1) is 13.7. The van der Waals surface area contributed by atoms with Gasteiger partial charge in [0.2, 0.25) is 0 Å². The second kappa shape index (κ2) is 6.37. The number of hydrogen-bond donors (Lipinski definition) is 2. The lowest BCUT2D eigenvalue weighted by atomic mass is 10.0. The molecule has 0 aromatic heterocycles. The van der Waals surface area contributed by atoms with Gasteiger partial charge in [0.25, 0.3) is 0 Å². The van der Waals surface area contributed by atoms with Gasteiger partial charge in [-0.1, -0.05) is 11.6 Å². The molecule has 5 heteroatoms. The van der Waals surface area contributed by atoms with Crippen molar-refractivity contribution in [2.45, 2.75) is 25.8 Å². The summed E-state index contributed by atoms with van der Waals surface area (Å²) < 4.78 is 0. The van der Waals surface area contributed by atoms with Gasteiger partial charge in [-0.3, -0.25) is 9.59 Å². The minimum atomic E-state index is -0.897. The van der Waals surface area contributed by atoms with E-state index in [0.29, 0.717) is 23.6 Å². The maximum atomic E-state index is 11.8. The van der Waals surface area contributed by atoms with Crippen molar-refractivity contribution in [1.82, 2.24) is 0 Å². The number of Topliss-reactive ketones (excluding diaryl/α,β-unsaturated/α-hetero) is 1. The zero-order valence-corrected chi connectivity index (χ0v) is 10.0. The Kier molecular flexibility index (Phi) is 5.12. The first-order valence-corrected chi connectivity index (χ1v) is 5.65. The van der Waals surface area contributed by atoms with Crippen LogP contribution in [-0.4, -0.2) is 16.9 Å². The maximum Gasteiger partial charge on any atom is 0.303 e. The van der Waals surface area contributed by atoms with Gasteiger partial charge in [-0.15, -0.1) is 0 Å². The standard InChI is InChI=1S/C12H14ClNO3/c13-10-5-8(7-14)4-9(6-10)11(15)2-1-3-12(16)17/h4-6H,1-3,7,14H2,(H,16,17). The molecule has 0 unspecified atom stereocenters. The maximum absolute atomic E-state index is 11.8. The molecule has 0 saturated carbocycles. The van der Waals surface area contributed by atoms with Crippen molar-refractivity contribution in [3.63, 3.8) is 0 Å². The summed E-state index contributed by atoms with van der Waals surface area (Å²) in [4.78, 5) is 22.1. The Hall–Kier alpha value is -1.39. The van der Waals surface area contributed by atoms with Gasteiger partial charge in [-0.2, -0.15) is 0 Å². The molecule has 0 heterocycles. The number of carbonyl (C=O) groups is 2. The number of nitrogens with two attached hydrogens (primary N) is 1. The van der Waals surface area contributed by atoms with Crippen molar-refractivity contribution >= 4 is 23.4 Å². The van der Waals surface area contributed by atoms with Crippen LogP contribution in [-0.2, 0) is 11.3 Å². The van der Waals surface area contributed by atoms with Gasteiger partial charge in [0, 0.05) is 30.0 Å². The largest absolute Gasteiger partial charge is 0.481 e. The first-order valence-electron chi connectivity index (χ1n) is 5.27. The van der Waals surface area contributed by atoms with E-state index in [0.717, 1.165) is 5.56 Å². The van der Waals surface area contributed by atoms with Gasteiger partial charge in [-0.25, -0.2) is 0 Å². The van der Waals surface area contributed by atoms with E-state index in [4.69, 9.17) is 22.4 Å². The lowest BCUT2D eigenvalue weighted by Crippen LogP contribution is -2.04. The molecule has 1 aromatic carbocycles. The number of rotatable bonds is 6. The van der Waals surface area contributed by atoms with Crippen LogP contribution in [0.4, 0.5) is 0 Å². The predicted molar refractivity (Wildman–Crippen MR) is 65.2 cm³/mol. The van der Waals surface area contributed by atoms with E-state index < -0.39 is 5.97 Å². The fraction of sp³-hybridized carbons (Fsp3) is 0.333. The lowest BCUT2D eigenvalue weighted by Gasteiger charge is -2.04. The highest BCUT2D eigenvalue weighted by Gasteiger charge is 2.09. The normalized spacial score (nSPS) is 10.2. The number of carboxylic acids is 1. The summed E-state index contributed by atoms with van der Waals surface area (Å²) in [6.07, 6.45) is 0.533. The van der Waals surface area contributed by atoms with Crippen LogP contribution in [0.25, 0.3) is 0 Å². The highest BCUT2D eigenvalue weighted by molar-refractivity contribution is 6.31. The first-order chi connectivity index (χ1) is 8.02. The van der Waals surface area contributed by atoms with Gasteiger partial charge in [0.05, 0.1) is 0 Å². The number of halogens is 1. The molecule has 0 atom stereocenters. The summed E-state index contributed by atoms with van der Waals surface area (Å²) in [5, 5.41) is 8.94. The van der Waals surface area contributed by atoms with Crippen LogP contribution < -0.4 is 5.73 Å². The average molecular weight is 256 g/mol. The average Bonchev–Trinajstić information content (AvgIpc) is 2.27. The van der Waals surface area contributed by atoms with Crippen molar-refractivity contribution in [3.8, 4) is 0 Å². The minimum absolute atomic E-state index is 0.00392. The van der Waals surface area contributed by atoms with E-state index in [9.17, 15) is 9.59 Å². The molecule has 92 valence electrons. The molecular weight excluding hydrogens is 242 g/mol. The van der Waals surface area contributed by atoms with Crippen molar-refractivity contribution in [3.05, 3.63) is 34.3 Å². The third kappa shape index (κ3) is 4.54. The van der Waals surface area contributed by atoms with Crippen LogP contribution in [0.2, 0.25) is 5.02 Å². The zero-order chi connectivity index (χ0) is 12.8. The Labute approximate surface area is 104 Å². The fourth-order valence-corrected chi connectivity index (χ4v) is 1.73. The summed E-state index contributed by atoms with van der Waals surface area (Å²) in [5.41, 5.74) is 6.76. The number of ketones is 1.